The van der Waals surface area contributed by atoms with Gasteiger partial charge in [-0.1, -0.05) is 230 Å². The van der Waals surface area contributed by atoms with Gasteiger partial charge in [-0.25, -0.2) is 4.85 Å². The van der Waals surface area contributed by atoms with Gasteiger partial charge in [0, 0.05) is 57.2 Å². The molecular weight excluding hydrogens is 1140 g/mol. The minimum absolute atomic E-state index is 0.0345. The number of hydrogen-bond donors (Lipinski definition) is 1. The Balaban J connectivity index is 1.11. The minimum Gasteiger partial charge on any atom is -0.486 e. The first kappa shape index (κ1) is 65.6. The summed E-state index contributed by atoms with van der Waals surface area (Å²) in [6.45, 7) is 23.9. The molecule has 466 valence electrons. The third-order valence-corrected chi connectivity index (χ3v) is 23.5. The smallest absolute Gasteiger partial charge is 0.333 e. The van der Waals surface area contributed by atoms with Crippen molar-refractivity contribution in [3.63, 3.8) is 0 Å². The molecule has 0 atom stereocenters. The van der Waals surface area contributed by atoms with Crippen LogP contribution in [-0.2, 0) is 34.9 Å². The fourth-order valence-corrected chi connectivity index (χ4v) is 18.8. The first-order chi connectivity index (χ1) is 43.6. The van der Waals surface area contributed by atoms with Crippen LogP contribution in [-0.4, -0.2) is 11.1 Å². The lowest BCUT2D eigenvalue weighted by Gasteiger charge is -2.35. The summed E-state index contributed by atoms with van der Waals surface area (Å²) < 4.78 is 0. The minimum atomic E-state index is -1.17. The molecule has 0 radical (unpaired) electrons. The summed E-state index contributed by atoms with van der Waals surface area (Å²) in [4.78, 5) is 25.5. The van der Waals surface area contributed by atoms with Gasteiger partial charge in [0.15, 0.2) is 0 Å². The van der Waals surface area contributed by atoms with Crippen molar-refractivity contribution in [3.05, 3.63) is 188 Å². The van der Waals surface area contributed by atoms with Crippen LogP contribution in [0.15, 0.2) is 133 Å². The molecule has 4 nitrogen and oxygen atoms in total. The molecule has 3 aromatic heterocycles. The van der Waals surface area contributed by atoms with Gasteiger partial charge < -0.3 is 10.0 Å². The molecular formula is C82H98N2O2S3. The lowest BCUT2D eigenvalue weighted by atomic mass is 9.70. The van der Waals surface area contributed by atoms with Crippen molar-refractivity contribution in [1.82, 2.24) is 0 Å². The zero-order chi connectivity index (χ0) is 62.3. The molecule has 0 amide bonds. The standard InChI is InChI=1S/C82H98N2O2S3/c1-9-16-23-26-33-59-52-65(57-74(83-8)80(85)86)87-78(59)75-54-61(35-28-25-18-11-3)79(89-75)76-53-60(34-27-24-17-10-2)77(88-76)58-40-42-62(43-41-58)84(63-44-46-68-66-36-29-31-38-70(66)81(48-19-12-4,49-20-13-5)72(68)55-63)64-45-47-69-67-37-30-32-39-71(67)82(50-21-14-6,51-22-15-7)73(69)56-64/h29-32,36-47,52-57H,9-28,33-35,48-51H2,1-7H3,(H,85,86). The van der Waals surface area contributed by atoms with Gasteiger partial charge in [-0.2, -0.15) is 0 Å². The molecule has 0 aliphatic heterocycles. The molecule has 0 unspecified atom stereocenters. The molecule has 0 saturated carbocycles. The van der Waals surface area contributed by atoms with E-state index in [0.717, 1.165) is 62.7 Å². The van der Waals surface area contributed by atoms with Gasteiger partial charge in [0.2, 0.25) is 0 Å². The van der Waals surface area contributed by atoms with E-state index in [1.807, 2.05) is 22.7 Å². The molecule has 10 rings (SSSR count). The fraction of sp³-hybridized carbons (Fsp3) is 0.439. The molecule has 2 aliphatic rings. The van der Waals surface area contributed by atoms with Gasteiger partial charge in [0.25, 0.3) is 5.70 Å². The van der Waals surface area contributed by atoms with E-state index in [2.05, 4.69) is 186 Å². The molecule has 3 heterocycles. The number of rotatable bonds is 35. The average Bonchev–Trinajstić information content (AvgIpc) is 1.59. The van der Waals surface area contributed by atoms with Gasteiger partial charge in [0.1, 0.15) is 0 Å². The van der Waals surface area contributed by atoms with Crippen molar-refractivity contribution in [2.45, 2.75) is 233 Å². The molecule has 89 heavy (non-hydrogen) atoms. The number of fused-ring (bicyclic) bond motifs is 6. The van der Waals surface area contributed by atoms with Crippen molar-refractivity contribution < 1.29 is 9.90 Å². The number of anilines is 3. The summed E-state index contributed by atoms with van der Waals surface area (Å²) in [7, 11) is 0. The maximum atomic E-state index is 12.1. The van der Waals surface area contributed by atoms with Crippen LogP contribution in [0.1, 0.15) is 246 Å². The molecule has 0 bridgehead atoms. The van der Waals surface area contributed by atoms with Gasteiger partial charge >= 0.3 is 5.97 Å². The monoisotopic (exact) mass is 1240 g/mol. The predicted octanol–water partition coefficient (Wildman–Crippen LogP) is 26.3. The Morgan fingerprint density at radius 2 is 0.831 bits per heavy atom. The van der Waals surface area contributed by atoms with Gasteiger partial charge in [-0.3, -0.25) is 4.79 Å². The van der Waals surface area contributed by atoms with Crippen LogP contribution in [0.5, 0.6) is 0 Å². The molecule has 8 aromatic rings. The summed E-state index contributed by atoms with van der Waals surface area (Å²) >= 11 is 5.55. The number of unbranched alkanes of at least 4 members (excludes halogenated alkanes) is 13. The van der Waals surface area contributed by atoms with Crippen molar-refractivity contribution in [3.8, 4) is 52.2 Å². The third-order valence-electron chi connectivity index (χ3n) is 19.6. The SMILES string of the molecule is [C-]#[N+]C(=Cc1cc(CCCCCC)c(-c2cc(CCCCCC)c(-c3cc(CCCCCC)c(-c4ccc(N(c5ccc6c(c5)C(CCCC)(CCCC)c5ccccc5-6)c5ccc6c(c5)C(CCCC)(CCCC)c5ccccc5-6)cc4)s3)s2)s1)C(=O)O. The quantitative estimate of drug-likeness (QED) is 0.0245. The van der Waals surface area contributed by atoms with Gasteiger partial charge in [-0.15, -0.1) is 34.0 Å². The first-order valence-corrected chi connectivity index (χ1v) is 37.2. The Bertz CT molecular complexity index is 3590. The van der Waals surface area contributed by atoms with Crippen LogP contribution < -0.4 is 4.90 Å². The largest absolute Gasteiger partial charge is 0.486 e. The Morgan fingerprint density at radius 3 is 1.27 bits per heavy atom. The summed E-state index contributed by atoms with van der Waals surface area (Å²) in [5.74, 6) is -1.17. The Morgan fingerprint density at radius 1 is 0.438 bits per heavy atom. The average molecular weight is 1240 g/mol. The van der Waals surface area contributed by atoms with Gasteiger partial charge in [0.05, 0.1) is 6.57 Å². The number of carboxylic acid groups (broad SMARTS) is 1. The van der Waals surface area contributed by atoms with Crippen LogP contribution in [0.3, 0.4) is 0 Å². The number of aliphatic carboxylic acids is 1. The third kappa shape index (κ3) is 14.1. The second-order valence-electron chi connectivity index (χ2n) is 25.8. The Labute approximate surface area is 547 Å². The molecule has 5 aromatic carbocycles. The summed E-state index contributed by atoms with van der Waals surface area (Å²) in [5, 5.41) is 9.88. The summed E-state index contributed by atoms with van der Waals surface area (Å²) in [6.07, 6.45) is 33.0. The lowest BCUT2D eigenvalue weighted by Crippen LogP contribution is -2.26. The number of carboxylic acids is 1. The lowest BCUT2D eigenvalue weighted by molar-refractivity contribution is -0.132. The maximum absolute atomic E-state index is 12.1. The highest BCUT2D eigenvalue weighted by atomic mass is 32.1. The summed E-state index contributed by atoms with van der Waals surface area (Å²) in [5.41, 5.74) is 20.4. The number of nitrogens with zero attached hydrogens (tertiary/aromatic N) is 2. The van der Waals surface area contributed by atoms with Crippen LogP contribution in [0.2, 0.25) is 0 Å². The molecule has 0 fully saturated rings. The number of hydrogen-bond acceptors (Lipinski definition) is 5. The zero-order valence-electron chi connectivity index (χ0n) is 54.8. The van der Waals surface area contributed by atoms with Gasteiger partial charge in [-0.05, 0) is 192 Å². The van der Waals surface area contributed by atoms with Crippen molar-refractivity contribution in [1.29, 1.82) is 0 Å². The van der Waals surface area contributed by atoms with E-state index in [9.17, 15) is 9.90 Å². The van der Waals surface area contributed by atoms with E-state index < -0.39 is 5.97 Å². The normalized spacial score (nSPS) is 13.5. The number of benzene rings is 5. The first-order valence-electron chi connectivity index (χ1n) is 34.7. The van der Waals surface area contributed by atoms with E-state index >= 15 is 0 Å². The van der Waals surface area contributed by atoms with Crippen LogP contribution in [0, 0.1) is 6.57 Å². The van der Waals surface area contributed by atoms with Crippen molar-refractivity contribution in [2.75, 3.05) is 4.90 Å². The summed E-state index contributed by atoms with van der Waals surface area (Å²) in [6, 6.07) is 50.7. The van der Waals surface area contributed by atoms with E-state index in [-0.39, 0.29) is 16.5 Å². The Hall–Kier alpha value is -6.30. The molecule has 0 saturated heterocycles. The number of thiophene rings is 3. The second kappa shape index (κ2) is 31.1. The second-order valence-corrected chi connectivity index (χ2v) is 29.0. The highest BCUT2D eigenvalue weighted by Crippen LogP contribution is 2.58. The van der Waals surface area contributed by atoms with Crippen LogP contribution in [0.4, 0.5) is 17.1 Å². The number of carbonyl (C=O) groups is 1. The highest BCUT2D eigenvalue weighted by Gasteiger charge is 2.44. The molecule has 0 spiro atoms. The highest BCUT2D eigenvalue weighted by molar-refractivity contribution is 7.27. The maximum Gasteiger partial charge on any atom is 0.333 e. The van der Waals surface area contributed by atoms with Crippen molar-refractivity contribution in [2.24, 2.45) is 0 Å². The zero-order valence-corrected chi connectivity index (χ0v) is 57.2. The molecule has 1 N–H and O–H groups in total. The Kier molecular flexibility index (Phi) is 23.0. The van der Waals surface area contributed by atoms with E-state index in [1.165, 1.54) is 224 Å². The topological polar surface area (TPSA) is 44.9 Å². The van der Waals surface area contributed by atoms with Crippen molar-refractivity contribution >= 4 is 63.1 Å². The van der Waals surface area contributed by atoms with E-state index in [4.69, 9.17) is 6.57 Å². The van der Waals surface area contributed by atoms with E-state index in [0.29, 0.717) is 0 Å². The molecule has 2 aliphatic carbocycles. The number of aryl methyl sites for hydroxylation is 3. The molecule has 7 heteroatoms. The fourth-order valence-electron chi connectivity index (χ4n) is 14.9. The predicted molar refractivity (Wildman–Crippen MR) is 387 cm³/mol. The van der Waals surface area contributed by atoms with Crippen LogP contribution >= 0.6 is 34.0 Å². The van der Waals surface area contributed by atoms with Crippen LogP contribution in [0.25, 0.3) is 63.1 Å². The van der Waals surface area contributed by atoms with E-state index in [1.54, 1.807) is 17.4 Å².